The molecule has 3 fully saturated rings. The summed E-state index contributed by atoms with van der Waals surface area (Å²) in [5.41, 5.74) is 2.01. The van der Waals surface area contributed by atoms with Gasteiger partial charge in [-0.25, -0.2) is 4.98 Å². The molecule has 1 amide bonds. The molecule has 3 saturated heterocycles. The van der Waals surface area contributed by atoms with Crippen molar-refractivity contribution in [3.63, 3.8) is 0 Å². The maximum absolute atomic E-state index is 13.5. The van der Waals surface area contributed by atoms with Crippen molar-refractivity contribution < 1.29 is 19.0 Å². The van der Waals surface area contributed by atoms with Crippen molar-refractivity contribution in [1.82, 2.24) is 19.8 Å². The maximum Gasteiger partial charge on any atom is 0.242 e. The summed E-state index contributed by atoms with van der Waals surface area (Å²) in [5, 5.41) is 0. The van der Waals surface area contributed by atoms with Crippen molar-refractivity contribution in [2.45, 2.75) is 50.6 Å². The summed E-state index contributed by atoms with van der Waals surface area (Å²) in [7, 11) is 0. The number of carbonyl (C=O) groups is 1. The average Bonchev–Trinajstić information content (AvgIpc) is 2.89. The molecule has 1 aromatic heterocycles. The lowest BCUT2D eigenvalue weighted by Gasteiger charge is -2.44. The summed E-state index contributed by atoms with van der Waals surface area (Å²) in [6.07, 6.45) is 7.06. The molecule has 1 aromatic carbocycles. The summed E-state index contributed by atoms with van der Waals surface area (Å²) in [6, 6.07) is 8.16. The van der Waals surface area contributed by atoms with Crippen molar-refractivity contribution in [3.05, 3.63) is 47.9 Å². The Balaban J connectivity index is 1.23. The first kappa shape index (κ1) is 23.2. The van der Waals surface area contributed by atoms with Crippen molar-refractivity contribution in [1.29, 1.82) is 0 Å². The third-order valence-electron chi connectivity index (χ3n) is 7.20. The van der Waals surface area contributed by atoms with Gasteiger partial charge >= 0.3 is 0 Å². The highest BCUT2D eigenvalue weighted by atomic mass is 16.5. The van der Waals surface area contributed by atoms with Gasteiger partial charge in [0.25, 0.3) is 0 Å². The minimum Gasteiger partial charge on any atom is -0.437 e. The van der Waals surface area contributed by atoms with Crippen LogP contribution in [-0.2, 0) is 14.3 Å². The normalized spacial score (nSPS) is 23.1. The van der Waals surface area contributed by atoms with Gasteiger partial charge in [0.1, 0.15) is 17.5 Å². The molecule has 3 aliphatic rings. The topological polar surface area (TPSA) is 77.0 Å². The van der Waals surface area contributed by atoms with E-state index in [2.05, 4.69) is 14.9 Å². The quantitative estimate of drug-likeness (QED) is 0.670. The highest BCUT2D eigenvalue weighted by Crippen LogP contribution is 2.34. The van der Waals surface area contributed by atoms with E-state index >= 15 is 0 Å². The molecule has 0 N–H and O–H groups in total. The van der Waals surface area contributed by atoms with Crippen LogP contribution in [-0.4, -0.2) is 83.8 Å². The molecule has 4 heterocycles. The molecule has 0 radical (unpaired) electrons. The van der Waals surface area contributed by atoms with Gasteiger partial charge in [0, 0.05) is 57.2 Å². The predicted octanol–water partition coefficient (Wildman–Crippen LogP) is 3.16. The number of nitrogens with zero attached hydrogens (tertiary/aromatic N) is 4. The Morgan fingerprint density at radius 3 is 2.59 bits per heavy atom. The fraction of sp³-hybridized carbons (Fsp3) is 0.577. The number of carbonyl (C=O) groups excluding carboxylic acids is 1. The van der Waals surface area contributed by atoms with Crippen molar-refractivity contribution in [3.8, 4) is 11.6 Å². The molecule has 34 heavy (non-hydrogen) atoms. The summed E-state index contributed by atoms with van der Waals surface area (Å²) < 4.78 is 17.4. The number of aryl methyl sites for hydroxylation is 1. The second kappa shape index (κ2) is 10.8. The van der Waals surface area contributed by atoms with Crippen LogP contribution in [0.15, 0.2) is 36.7 Å². The Bertz CT molecular complexity index is 973. The lowest BCUT2D eigenvalue weighted by Crippen LogP contribution is -2.59. The molecule has 3 aliphatic heterocycles. The number of ether oxygens (including phenoxy) is 3. The van der Waals surface area contributed by atoms with Gasteiger partial charge < -0.3 is 19.1 Å². The van der Waals surface area contributed by atoms with Crippen LogP contribution in [0.1, 0.15) is 42.9 Å². The Kier molecular flexibility index (Phi) is 7.37. The molecule has 0 aliphatic carbocycles. The van der Waals surface area contributed by atoms with Gasteiger partial charge in [0.15, 0.2) is 0 Å². The number of piperidine rings is 1. The number of benzene rings is 1. The molecular formula is C26H34N4O4. The van der Waals surface area contributed by atoms with Crippen molar-refractivity contribution >= 4 is 5.91 Å². The zero-order chi connectivity index (χ0) is 23.3. The van der Waals surface area contributed by atoms with E-state index in [0.717, 1.165) is 62.4 Å². The Morgan fingerprint density at radius 1 is 1.00 bits per heavy atom. The molecule has 0 spiro atoms. The van der Waals surface area contributed by atoms with E-state index in [1.807, 2.05) is 36.1 Å². The van der Waals surface area contributed by atoms with E-state index in [1.165, 1.54) is 0 Å². The minimum atomic E-state index is -0.190. The Hall–Kier alpha value is -2.55. The van der Waals surface area contributed by atoms with E-state index in [1.54, 1.807) is 12.4 Å². The second-order valence-corrected chi connectivity index (χ2v) is 9.44. The minimum absolute atomic E-state index is 0.190. The van der Waals surface area contributed by atoms with Crippen molar-refractivity contribution in [2.24, 2.45) is 0 Å². The number of hydrogen-bond acceptors (Lipinski definition) is 7. The molecule has 8 heteroatoms. The van der Waals surface area contributed by atoms with Crippen LogP contribution in [0.4, 0.5) is 0 Å². The number of morpholine rings is 1. The largest absolute Gasteiger partial charge is 0.437 e. The summed E-state index contributed by atoms with van der Waals surface area (Å²) in [6.45, 7) is 7.01. The fourth-order valence-corrected chi connectivity index (χ4v) is 5.35. The molecule has 1 unspecified atom stereocenters. The standard InChI is InChI=1S/C26H34N4O4/c1-19-3-2-4-22(17-19)34-25-24(27-9-10-28-25)20-5-11-29(12-6-20)26(31)23-18-33-16-13-30(23)21-7-14-32-15-8-21/h2-4,9-10,17,20-21,23H,5-8,11-16,18H2,1H3. The SMILES string of the molecule is Cc1cccc(Oc2nccnc2C2CCN(C(=O)C3COCCN3C3CCOCC3)CC2)c1. The smallest absolute Gasteiger partial charge is 0.242 e. The molecule has 0 bridgehead atoms. The van der Waals surface area contributed by atoms with Gasteiger partial charge in [-0.2, -0.15) is 0 Å². The predicted molar refractivity (Wildman–Crippen MR) is 127 cm³/mol. The summed E-state index contributed by atoms with van der Waals surface area (Å²) in [5.74, 6) is 1.73. The number of amides is 1. The van der Waals surface area contributed by atoms with Gasteiger partial charge in [0.2, 0.25) is 11.8 Å². The molecule has 182 valence electrons. The van der Waals surface area contributed by atoms with E-state index in [9.17, 15) is 4.79 Å². The zero-order valence-electron chi connectivity index (χ0n) is 19.9. The van der Waals surface area contributed by atoms with E-state index < -0.39 is 0 Å². The second-order valence-electron chi connectivity index (χ2n) is 9.44. The number of hydrogen-bond donors (Lipinski definition) is 0. The van der Waals surface area contributed by atoms with Crippen LogP contribution in [0.3, 0.4) is 0 Å². The molecular weight excluding hydrogens is 432 g/mol. The molecule has 8 nitrogen and oxygen atoms in total. The van der Waals surface area contributed by atoms with Gasteiger partial charge in [-0.05, 0) is 50.3 Å². The first-order valence-corrected chi connectivity index (χ1v) is 12.4. The third-order valence-corrected chi connectivity index (χ3v) is 7.20. The fourth-order valence-electron chi connectivity index (χ4n) is 5.35. The van der Waals surface area contributed by atoms with Crippen LogP contribution in [0.2, 0.25) is 0 Å². The molecule has 1 atom stereocenters. The number of aromatic nitrogens is 2. The van der Waals surface area contributed by atoms with Gasteiger partial charge in [-0.3, -0.25) is 14.7 Å². The number of likely N-dealkylation sites (tertiary alicyclic amines) is 1. The van der Waals surface area contributed by atoms with E-state index in [4.69, 9.17) is 14.2 Å². The number of rotatable bonds is 5. The molecule has 5 rings (SSSR count). The highest BCUT2D eigenvalue weighted by molar-refractivity contribution is 5.82. The van der Waals surface area contributed by atoms with Crippen molar-refractivity contribution in [2.75, 3.05) is 46.1 Å². The zero-order valence-corrected chi connectivity index (χ0v) is 19.9. The Morgan fingerprint density at radius 2 is 1.79 bits per heavy atom. The lowest BCUT2D eigenvalue weighted by molar-refractivity contribution is -0.148. The third kappa shape index (κ3) is 5.24. The monoisotopic (exact) mass is 466 g/mol. The van der Waals surface area contributed by atoms with Gasteiger partial charge in [-0.15, -0.1) is 0 Å². The van der Waals surface area contributed by atoms with Gasteiger partial charge in [-0.1, -0.05) is 12.1 Å². The molecule has 0 saturated carbocycles. The molecule has 2 aromatic rings. The van der Waals surface area contributed by atoms with E-state index in [0.29, 0.717) is 38.2 Å². The van der Waals surface area contributed by atoms with Gasteiger partial charge in [0.05, 0.1) is 13.2 Å². The first-order chi connectivity index (χ1) is 16.7. The van der Waals surface area contributed by atoms with E-state index in [-0.39, 0.29) is 17.9 Å². The lowest BCUT2D eigenvalue weighted by atomic mass is 9.92. The van der Waals surface area contributed by atoms with Crippen LogP contribution in [0, 0.1) is 6.92 Å². The first-order valence-electron chi connectivity index (χ1n) is 12.4. The summed E-state index contributed by atoms with van der Waals surface area (Å²) in [4.78, 5) is 27.0. The van der Waals surface area contributed by atoms with Crippen LogP contribution in [0.5, 0.6) is 11.6 Å². The Labute approximate surface area is 201 Å². The van der Waals surface area contributed by atoms with Crippen LogP contribution < -0.4 is 4.74 Å². The maximum atomic E-state index is 13.5. The van der Waals surface area contributed by atoms with Crippen LogP contribution >= 0.6 is 0 Å². The summed E-state index contributed by atoms with van der Waals surface area (Å²) >= 11 is 0. The van der Waals surface area contributed by atoms with Crippen LogP contribution in [0.25, 0.3) is 0 Å². The average molecular weight is 467 g/mol. The highest BCUT2D eigenvalue weighted by Gasteiger charge is 2.38.